The van der Waals surface area contributed by atoms with Crippen LogP contribution in [-0.4, -0.2) is 16.8 Å². The van der Waals surface area contributed by atoms with Crippen LogP contribution in [0, 0.1) is 18.8 Å². The highest BCUT2D eigenvalue weighted by atomic mass is 16.5. The van der Waals surface area contributed by atoms with E-state index in [1.807, 2.05) is 32.9 Å². The Bertz CT molecular complexity index is 505. The van der Waals surface area contributed by atoms with Gasteiger partial charge in [0.15, 0.2) is 0 Å². The molecule has 1 aliphatic rings. The minimum Gasteiger partial charge on any atom is -0.492 e. The van der Waals surface area contributed by atoms with Gasteiger partial charge in [-0.1, -0.05) is 32.9 Å². The van der Waals surface area contributed by atoms with Gasteiger partial charge >= 0.3 is 0 Å². The van der Waals surface area contributed by atoms with E-state index in [9.17, 15) is 10.2 Å². The molecule has 0 amide bonds. The molecular weight excluding hydrogens is 264 g/mol. The molecule has 118 valence electrons. The second-order valence-electron chi connectivity index (χ2n) is 7.11. The molecule has 2 rings (SSSR count). The van der Waals surface area contributed by atoms with Crippen molar-refractivity contribution in [2.24, 2.45) is 11.8 Å². The van der Waals surface area contributed by atoms with E-state index in [2.05, 4.69) is 13.8 Å². The SMILES string of the molecule is Cc1ccc(C(C)(O)CCC(C)C)c2c1C(O)C(C)CO2. The van der Waals surface area contributed by atoms with Crippen molar-refractivity contribution in [1.82, 2.24) is 0 Å². The third kappa shape index (κ3) is 3.24. The van der Waals surface area contributed by atoms with Gasteiger partial charge < -0.3 is 14.9 Å². The molecule has 0 aliphatic carbocycles. The van der Waals surface area contributed by atoms with Gasteiger partial charge in [0, 0.05) is 17.0 Å². The monoisotopic (exact) mass is 292 g/mol. The zero-order chi connectivity index (χ0) is 15.8. The smallest absolute Gasteiger partial charge is 0.131 e. The molecule has 3 atom stereocenters. The summed E-state index contributed by atoms with van der Waals surface area (Å²) in [5.41, 5.74) is 1.74. The predicted molar refractivity (Wildman–Crippen MR) is 84.4 cm³/mol. The molecule has 1 aliphatic heterocycles. The van der Waals surface area contributed by atoms with Crippen LogP contribution in [0.25, 0.3) is 0 Å². The zero-order valence-electron chi connectivity index (χ0n) is 13.8. The molecule has 0 bridgehead atoms. The maximum absolute atomic E-state index is 10.9. The van der Waals surface area contributed by atoms with E-state index < -0.39 is 11.7 Å². The van der Waals surface area contributed by atoms with Crippen molar-refractivity contribution in [3.63, 3.8) is 0 Å². The molecule has 3 heteroatoms. The Morgan fingerprint density at radius 3 is 2.67 bits per heavy atom. The topological polar surface area (TPSA) is 49.7 Å². The molecule has 0 radical (unpaired) electrons. The minimum atomic E-state index is -0.928. The summed E-state index contributed by atoms with van der Waals surface area (Å²) in [5.74, 6) is 1.31. The van der Waals surface area contributed by atoms with Crippen molar-refractivity contribution < 1.29 is 14.9 Å². The molecule has 0 spiro atoms. The summed E-state index contributed by atoms with van der Waals surface area (Å²) in [6, 6.07) is 3.92. The summed E-state index contributed by atoms with van der Waals surface area (Å²) in [7, 11) is 0. The first-order chi connectivity index (χ1) is 9.74. The third-order valence-electron chi connectivity index (χ3n) is 4.53. The molecule has 0 saturated carbocycles. The van der Waals surface area contributed by atoms with Crippen LogP contribution in [-0.2, 0) is 5.60 Å². The van der Waals surface area contributed by atoms with Gasteiger partial charge in [-0.3, -0.25) is 0 Å². The van der Waals surface area contributed by atoms with E-state index in [4.69, 9.17) is 4.74 Å². The number of ether oxygens (including phenoxy) is 1. The second kappa shape index (κ2) is 5.98. The van der Waals surface area contributed by atoms with Crippen molar-refractivity contribution in [3.05, 3.63) is 28.8 Å². The van der Waals surface area contributed by atoms with E-state index in [1.54, 1.807) is 0 Å². The van der Waals surface area contributed by atoms with Gasteiger partial charge in [0.05, 0.1) is 18.3 Å². The van der Waals surface area contributed by atoms with Gasteiger partial charge in [-0.2, -0.15) is 0 Å². The average Bonchev–Trinajstić information content (AvgIpc) is 2.40. The lowest BCUT2D eigenvalue weighted by Gasteiger charge is -2.34. The highest BCUT2D eigenvalue weighted by molar-refractivity contribution is 5.51. The van der Waals surface area contributed by atoms with E-state index in [-0.39, 0.29) is 5.92 Å². The largest absolute Gasteiger partial charge is 0.492 e. The highest BCUT2D eigenvalue weighted by Gasteiger charge is 2.34. The Labute approximate surface area is 128 Å². The average molecular weight is 292 g/mol. The lowest BCUT2D eigenvalue weighted by molar-refractivity contribution is 0.0283. The minimum absolute atomic E-state index is 0.0760. The molecule has 0 aromatic heterocycles. The van der Waals surface area contributed by atoms with Gasteiger partial charge in [0.1, 0.15) is 5.75 Å². The molecule has 3 nitrogen and oxygen atoms in total. The molecule has 21 heavy (non-hydrogen) atoms. The summed E-state index contributed by atoms with van der Waals surface area (Å²) in [6.07, 6.45) is 1.12. The molecule has 1 aromatic carbocycles. The van der Waals surface area contributed by atoms with Crippen LogP contribution in [0.5, 0.6) is 5.75 Å². The number of benzene rings is 1. The summed E-state index contributed by atoms with van der Waals surface area (Å²) in [4.78, 5) is 0. The van der Waals surface area contributed by atoms with Gasteiger partial charge in [0.2, 0.25) is 0 Å². The van der Waals surface area contributed by atoms with Crippen LogP contribution in [0.4, 0.5) is 0 Å². The number of aliphatic hydroxyl groups excluding tert-OH is 1. The van der Waals surface area contributed by atoms with E-state index in [1.165, 1.54) is 0 Å². The Morgan fingerprint density at radius 2 is 2.05 bits per heavy atom. The maximum Gasteiger partial charge on any atom is 0.131 e. The van der Waals surface area contributed by atoms with Crippen LogP contribution in [0.1, 0.15) is 63.3 Å². The lowest BCUT2D eigenvalue weighted by Crippen LogP contribution is -2.29. The molecule has 0 saturated heterocycles. The fourth-order valence-electron chi connectivity index (χ4n) is 2.94. The van der Waals surface area contributed by atoms with Crippen LogP contribution in [0.15, 0.2) is 12.1 Å². The fourth-order valence-corrected chi connectivity index (χ4v) is 2.94. The molecule has 3 unspecified atom stereocenters. The number of hydrogen-bond donors (Lipinski definition) is 2. The van der Waals surface area contributed by atoms with Crippen molar-refractivity contribution in [2.75, 3.05) is 6.61 Å². The molecule has 1 heterocycles. The van der Waals surface area contributed by atoms with Gasteiger partial charge in [-0.25, -0.2) is 0 Å². The van der Waals surface area contributed by atoms with Crippen LogP contribution in [0.2, 0.25) is 0 Å². The standard InChI is InChI=1S/C18H28O3/c1-11(2)8-9-18(5,20)14-7-6-12(3)15-16(19)13(4)10-21-17(14)15/h6-7,11,13,16,19-20H,8-10H2,1-5H3. The van der Waals surface area contributed by atoms with E-state index in [0.717, 1.165) is 23.1 Å². The number of rotatable bonds is 4. The number of fused-ring (bicyclic) bond motifs is 1. The normalized spacial score (nSPS) is 24.4. The first-order valence-corrected chi connectivity index (χ1v) is 7.91. The maximum atomic E-state index is 10.9. The Kier molecular flexibility index (Phi) is 4.64. The fraction of sp³-hybridized carbons (Fsp3) is 0.667. The van der Waals surface area contributed by atoms with E-state index >= 15 is 0 Å². The number of aliphatic hydroxyl groups is 2. The summed E-state index contributed by atoms with van der Waals surface area (Å²) in [6.45, 7) is 10.6. The van der Waals surface area contributed by atoms with E-state index in [0.29, 0.717) is 24.7 Å². The van der Waals surface area contributed by atoms with Crippen LogP contribution in [0.3, 0.4) is 0 Å². The quantitative estimate of drug-likeness (QED) is 0.889. The van der Waals surface area contributed by atoms with Crippen LogP contribution >= 0.6 is 0 Å². The third-order valence-corrected chi connectivity index (χ3v) is 4.53. The lowest BCUT2D eigenvalue weighted by atomic mass is 9.82. The number of hydrogen-bond acceptors (Lipinski definition) is 3. The first kappa shape index (κ1) is 16.3. The Hall–Kier alpha value is -1.06. The summed E-state index contributed by atoms with van der Waals surface area (Å²) < 4.78 is 5.89. The first-order valence-electron chi connectivity index (χ1n) is 7.91. The van der Waals surface area contributed by atoms with Crippen LogP contribution < -0.4 is 4.74 Å². The molecule has 2 N–H and O–H groups in total. The second-order valence-corrected chi connectivity index (χ2v) is 7.11. The molecule has 1 aromatic rings. The van der Waals surface area contributed by atoms with Crippen molar-refractivity contribution in [3.8, 4) is 5.75 Å². The van der Waals surface area contributed by atoms with Crippen molar-refractivity contribution >= 4 is 0 Å². The van der Waals surface area contributed by atoms with Gasteiger partial charge in [-0.15, -0.1) is 0 Å². The van der Waals surface area contributed by atoms with Crippen molar-refractivity contribution in [2.45, 2.75) is 59.2 Å². The zero-order valence-corrected chi connectivity index (χ0v) is 13.8. The Morgan fingerprint density at radius 1 is 1.38 bits per heavy atom. The van der Waals surface area contributed by atoms with Crippen molar-refractivity contribution in [1.29, 1.82) is 0 Å². The summed E-state index contributed by atoms with van der Waals surface area (Å²) >= 11 is 0. The summed E-state index contributed by atoms with van der Waals surface area (Å²) in [5, 5.41) is 21.3. The number of aryl methyl sites for hydroxylation is 1. The van der Waals surface area contributed by atoms with Gasteiger partial charge in [-0.05, 0) is 38.2 Å². The molecular formula is C18H28O3. The molecule has 0 fully saturated rings. The highest BCUT2D eigenvalue weighted by Crippen LogP contribution is 2.44. The Balaban J connectivity index is 2.42. The van der Waals surface area contributed by atoms with Gasteiger partial charge in [0.25, 0.3) is 0 Å². The predicted octanol–water partition coefficient (Wildman–Crippen LogP) is 3.70.